The van der Waals surface area contributed by atoms with Crippen molar-refractivity contribution in [3.8, 4) is 11.5 Å². The fraction of sp³-hybridized carbons (Fsp3) is 0.389. The number of aliphatic hydroxyl groups is 1. The van der Waals surface area contributed by atoms with E-state index in [0.717, 1.165) is 11.6 Å². The highest BCUT2D eigenvalue weighted by molar-refractivity contribution is 5.97. The second-order valence-electron chi connectivity index (χ2n) is 13.0. The van der Waals surface area contributed by atoms with Gasteiger partial charge in [-0.2, -0.15) is 13.2 Å². The maximum Gasteiger partial charge on any atom is 0.422 e. The number of non-ortho nitro benzene ring substituents is 1. The fourth-order valence-corrected chi connectivity index (χ4v) is 6.29. The number of aliphatic carboxylic acids is 1. The number of carbonyl (C=O) groups excluding carboxylic acids is 1. The highest BCUT2D eigenvalue weighted by Gasteiger charge is 2.57. The van der Waals surface area contributed by atoms with E-state index >= 15 is 0 Å². The number of carboxylic acid groups (broad SMARTS) is 1. The largest absolute Gasteiger partial charge is 0.493 e. The van der Waals surface area contributed by atoms with Crippen molar-refractivity contribution in [2.75, 3.05) is 26.7 Å². The van der Waals surface area contributed by atoms with Crippen LogP contribution in [-0.2, 0) is 16.9 Å². The standard InChI is InChI=1S/C36H39F3N4O8/c1-22(2)32(34(45)46)40-33(44)24-9-12-30(31(17-24)50-3)51-26-13-15-41(16-14-26)21-35(47,36(37,38)39)28-20-42(19-23-7-5-4-6-8-23)29-18-25(43(48)49)10-11-27(28)29/h4-12,17-18,20,22,26,32,47H,13-16,19,21H2,1-3H3,(H,40,44)(H,45,46)/t32-,35?/m0/s1. The van der Waals surface area contributed by atoms with Crippen molar-refractivity contribution in [1.82, 2.24) is 14.8 Å². The van der Waals surface area contributed by atoms with E-state index in [4.69, 9.17) is 9.47 Å². The van der Waals surface area contributed by atoms with Crippen LogP contribution >= 0.6 is 0 Å². The minimum Gasteiger partial charge on any atom is -0.493 e. The van der Waals surface area contributed by atoms with E-state index in [1.165, 1.54) is 53.1 Å². The Kier molecular flexibility index (Phi) is 10.9. The van der Waals surface area contributed by atoms with E-state index in [9.17, 15) is 43.1 Å². The quantitative estimate of drug-likeness (QED) is 0.116. The molecule has 15 heteroatoms. The van der Waals surface area contributed by atoms with Crippen LogP contribution in [0.25, 0.3) is 10.9 Å². The number of hydrogen-bond donors (Lipinski definition) is 3. The van der Waals surface area contributed by atoms with Crippen LogP contribution in [-0.4, -0.2) is 81.5 Å². The smallest absolute Gasteiger partial charge is 0.422 e. The molecule has 1 saturated heterocycles. The van der Waals surface area contributed by atoms with Gasteiger partial charge in [-0.15, -0.1) is 0 Å². The zero-order valence-electron chi connectivity index (χ0n) is 28.2. The number of carboxylic acids is 1. The third kappa shape index (κ3) is 8.10. The summed E-state index contributed by atoms with van der Waals surface area (Å²) in [5, 5.41) is 35.1. The molecule has 3 aromatic carbocycles. The maximum atomic E-state index is 14.9. The SMILES string of the molecule is COc1cc(C(=O)N[C@H](C(=O)O)C(C)C)ccc1OC1CCN(CC(O)(c2cn(Cc3ccccc3)c3cc([N+](=O)[O-])ccc23)C(F)(F)F)CC1. The number of carbonyl (C=O) groups is 2. The van der Waals surface area contributed by atoms with Gasteiger partial charge < -0.3 is 29.6 Å². The monoisotopic (exact) mass is 712 g/mol. The molecule has 51 heavy (non-hydrogen) atoms. The Morgan fingerprint density at radius 2 is 1.73 bits per heavy atom. The van der Waals surface area contributed by atoms with E-state index in [-0.39, 0.29) is 53.5 Å². The van der Waals surface area contributed by atoms with Gasteiger partial charge in [0, 0.05) is 61.0 Å². The Morgan fingerprint density at radius 1 is 1.04 bits per heavy atom. The molecule has 0 bridgehead atoms. The Morgan fingerprint density at radius 3 is 2.31 bits per heavy atom. The Labute approximate surface area is 291 Å². The Hall–Kier alpha value is -5.15. The first-order chi connectivity index (χ1) is 24.1. The third-order valence-corrected chi connectivity index (χ3v) is 9.11. The van der Waals surface area contributed by atoms with Gasteiger partial charge in [-0.1, -0.05) is 44.2 Å². The summed E-state index contributed by atoms with van der Waals surface area (Å²) in [6.45, 7) is 3.02. The summed E-state index contributed by atoms with van der Waals surface area (Å²) in [5.41, 5.74) is -2.87. The van der Waals surface area contributed by atoms with Crippen LogP contribution in [0, 0.1) is 16.0 Å². The summed E-state index contributed by atoms with van der Waals surface area (Å²) in [4.78, 5) is 36.7. The number of methoxy groups -OCH3 is 1. The number of halogens is 3. The average molecular weight is 713 g/mol. The molecule has 1 amide bonds. The van der Waals surface area contributed by atoms with Gasteiger partial charge in [0.25, 0.3) is 11.6 Å². The number of nitrogens with zero attached hydrogens (tertiary/aromatic N) is 3. The van der Waals surface area contributed by atoms with Gasteiger partial charge in [0.15, 0.2) is 11.5 Å². The first-order valence-corrected chi connectivity index (χ1v) is 16.3. The molecule has 0 saturated carbocycles. The fourth-order valence-electron chi connectivity index (χ4n) is 6.29. The molecular weight excluding hydrogens is 673 g/mol. The number of likely N-dealkylation sites (tertiary alicyclic amines) is 1. The molecule has 2 atom stereocenters. The predicted molar refractivity (Wildman–Crippen MR) is 181 cm³/mol. The minimum absolute atomic E-state index is 0.0569. The predicted octanol–water partition coefficient (Wildman–Crippen LogP) is 5.74. The number of amides is 1. The number of rotatable bonds is 13. The lowest BCUT2D eigenvalue weighted by Crippen LogP contribution is -2.53. The summed E-state index contributed by atoms with van der Waals surface area (Å²) in [6, 6.07) is 15.8. The van der Waals surface area contributed by atoms with Crippen LogP contribution in [0.3, 0.4) is 0 Å². The van der Waals surface area contributed by atoms with Gasteiger partial charge >= 0.3 is 12.1 Å². The lowest BCUT2D eigenvalue weighted by molar-refractivity contribution is -0.384. The van der Waals surface area contributed by atoms with Crippen LogP contribution in [0.4, 0.5) is 18.9 Å². The topological polar surface area (TPSA) is 156 Å². The molecular formula is C36H39F3N4O8. The third-order valence-electron chi connectivity index (χ3n) is 9.11. The second kappa shape index (κ2) is 15.0. The highest BCUT2D eigenvalue weighted by atomic mass is 19.4. The average Bonchev–Trinajstić information content (AvgIpc) is 3.45. The van der Waals surface area contributed by atoms with E-state index < -0.39 is 52.8 Å². The number of fused-ring (bicyclic) bond motifs is 1. The molecule has 2 heterocycles. The lowest BCUT2D eigenvalue weighted by Gasteiger charge is -2.39. The number of nitro groups is 1. The number of alkyl halides is 3. The van der Waals surface area contributed by atoms with Gasteiger partial charge in [-0.05, 0) is 48.6 Å². The van der Waals surface area contributed by atoms with Crippen molar-refractivity contribution in [3.05, 3.63) is 99.7 Å². The molecule has 272 valence electrons. The summed E-state index contributed by atoms with van der Waals surface area (Å²) in [5.74, 6) is -1.59. The lowest BCUT2D eigenvalue weighted by atomic mass is 9.91. The van der Waals surface area contributed by atoms with Crippen molar-refractivity contribution in [3.63, 3.8) is 0 Å². The molecule has 1 aromatic heterocycles. The number of ether oxygens (including phenoxy) is 2. The van der Waals surface area contributed by atoms with Crippen molar-refractivity contribution >= 4 is 28.5 Å². The second-order valence-corrected chi connectivity index (χ2v) is 13.0. The van der Waals surface area contributed by atoms with Gasteiger partial charge in [-0.3, -0.25) is 19.8 Å². The number of hydrogen-bond acceptors (Lipinski definition) is 8. The van der Waals surface area contributed by atoms with Gasteiger partial charge in [0.2, 0.25) is 5.60 Å². The molecule has 1 aliphatic heterocycles. The van der Waals surface area contributed by atoms with Crippen LogP contribution in [0.15, 0.2) is 72.9 Å². The molecule has 1 fully saturated rings. The van der Waals surface area contributed by atoms with Crippen LogP contribution < -0.4 is 14.8 Å². The van der Waals surface area contributed by atoms with Crippen LogP contribution in [0.5, 0.6) is 11.5 Å². The van der Waals surface area contributed by atoms with Crippen molar-refractivity contribution in [2.45, 2.75) is 57.2 Å². The van der Waals surface area contributed by atoms with E-state index in [2.05, 4.69) is 5.32 Å². The van der Waals surface area contributed by atoms with Crippen LogP contribution in [0.2, 0.25) is 0 Å². The van der Waals surface area contributed by atoms with Crippen LogP contribution in [0.1, 0.15) is 48.2 Å². The molecule has 4 aromatic rings. The van der Waals surface area contributed by atoms with E-state index in [1.807, 2.05) is 0 Å². The minimum atomic E-state index is -5.09. The molecule has 0 aliphatic carbocycles. The zero-order chi connectivity index (χ0) is 37.1. The van der Waals surface area contributed by atoms with Gasteiger partial charge in [0.05, 0.1) is 17.5 Å². The zero-order valence-corrected chi connectivity index (χ0v) is 28.2. The molecule has 0 radical (unpaired) electrons. The normalized spacial score (nSPS) is 16.1. The molecule has 1 unspecified atom stereocenters. The van der Waals surface area contributed by atoms with Crippen molar-refractivity contribution in [2.24, 2.45) is 5.92 Å². The van der Waals surface area contributed by atoms with E-state index in [0.29, 0.717) is 18.6 Å². The number of nitrogens with one attached hydrogen (secondary N) is 1. The summed E-state index contributed by atoms with van der Waals surface area (Å²) in [7, 11) is 1.38. The summed E-state index contributed by atoms with van der Waals surface area (Å²) < 4.78 is 57.8. The van der Waals surface area contributed by atoms with Gasteiger partial charge in [0.1, 0.15) is 12.1 Å². The first kappa shape index (κ1) is 37.1. The van der Waals surface area contributed by atoms with E-state index in [1.54, 1.807) is 44.2 Å². The maximum absolute atomic E-state index is 14.9. The first-order valence-electron chi connectivity index (χ1n) is 16.3. The molecule has 0 spiro atoms. The number of benzene rings is 3. The number of nitro benzene ring substituents is 1. The van der Waals surface area contributed by atoms with Crippen molar-refractivity contribution in [1.29, 1.82) is 0 Å². The molecule has 3 N–H and O–H groups in total. The molecule has 1 aliphatic rings. The summed E-state index contributed by atoms with van der Waals surface area (Å²) >= 11 is 0. The number of piperidine rings is 1. The van der Waals surface area contributed by atoms with Crippen molar-refractivity contribution < 1.29 is 47.4 Å². The Bertz CT molecular complexity index is 1890. The molecule has 12 nitrogen and oxygen atoms in total. The number of aromatic nitrogens is 1. The molecule has 5 rings (SSSR count). The number of β-amino-alcohol motifs (C(OH)–C–C–N with tert-alkyl or cyclic N) is 1. The summed E-state index contributed by atoms with van der Waals surface area (Å²) in [6.07, 6.45) is -3.65. The Balaban J connectivity index is 1.33. The highest BCUT2D eigenvalue weighted by Crippen LogP contribution is 2.44. The van der Waals surface area contributed by atoms with Gasteiger partial charge in [-0.25, -0.2) is 4.79 Å².